The van der Waals surface area contributed by atoms with E-state index in [0.29, 0.717) is 38.3 Å². The molecule has 0 aromatic heterocycles. The molecule has 0 saturated carbocycles. The number of hydrogen-bond donors (Lipinski definition) is 0. The van der Waals surface area contributed by atoms with Crippen LogP contribution in [0.2, 0.25) is 0 Å². The molecule has 2 aromatic carbocycles. The molecule has 0 aliphatic carbocycles. The van der Waals surface area contributed by atoms with Crippen molar-refractivity contribution in [3.8, 4) is 5.75 Å². The maximum absolute atomic E-state index is 13.6. The van der Waals surface area contributed by atoms with Crippen molar-refractivity contribution in [1.82, 2.24) is 9.80 Å². The van der Waals surface area contributed by atoms with E-state index in [0.717, 1.165) is 23.3 Å². The Balaban J connectivity index is 1.50. The topological polar surface area (TPSA) is 87.2 Å². The van der Waals surface area contributed by atoms with Gasteiger partial charge in [-0.1, -0.05) is 30.3 Å². The van der Waals surface area contributed by atoms with Gasteiger partial charge < -0.3 is 19.4 Å². The Hall–Kier alpha value is -3.07. The summed E-state index contributed by atoms with van der Waals surface area (Å²) in [5.41, 5.74) is 2.42. The van der Waals surface area contributed by atoms with Gasteiger partial charge in [-0.05, 0) is 30.2 Å². The molecule has 1 saturated heterocycles. The van der Waals surface area contributed by atoms with Crippen LogP contribution in [-0.2, 0) is 21.2 Å². The summed E-state index contributed by atoms with van der Waals surface area (Å²) in [4.78, 5) is 32.0. The molecule has 2 heterocycles. The van der Waals surface area contributed by atoms with E-state index in [1.54, 1.807) is 24.1 Å². The number of rotatable bonds is 7. The number of benzene rings is 2. The zero-order chi connectivity index (χ0) is 23.6. The molecule has 0 N–H and O–H groups in total. The van der Waals surface area contributed by atoms with Crippen molar-refractivity contribution in [2.45, 2.75) is 19.0 Å². The number of amides is 2. The SMILES string of the molecule is COc1ccccc1N1CCN(C(=O)[C@H](CCS(C)(=O)=O)N2Cc3ccccc3C2=O)CC1. The van der Waals surface area contributed by atoms with Gasteiger partial charge in [0.25, 0.3) is 5.91 Å². The van der Waals surface area contributed by atoms with Crippen LogP contribution in [0.25, 0.3) is 0 Å². The molecular formula is C24H29N3O5S. The van der Waals surface area contributed by atoms with Crippen LogP contribution in [-0.4, -0.2) is 81.4 Å². The van der Waals surface area contributed by atoms with Crippen molar-refractivity contribution in [1.29, 1.82) is 0 Å². The van der Waals surface area contributed by atoms with E-state index in [1.165, 1.54) is 4.90 Å². The van der Waals surface area contributed by atoms with E-state index in [1.807, 2.05) is 36.4 Å². The van der Waals surface area contributed by atoms with Gasteiger partial charge in [-0.25, -0.2) is 8.42 Å². The summed E-state index contributed by atoms with van der Waals surface area (Å²) in [6, 6.07) is 14.2. The van der Waals surface area contributed by atoms with E-state index in [4.69, 9.17) is 4.74 Å². The molecule has 1 fully saturated rings. The number of nitrogens with zero attached hydrogens (tertiary/aromatic N) is 3. The first kappa shape index (κ1) is 23.1. The molecule has 0 bridgehead atoms. The number of piperazine rings is 1. The predicted octanol–water partition coefficient (Wildman–Crippen LogP) is 1.80. The Labute approximate surface area is 194 Å². The number of sulfone groups is 1. The Morgan fingerprint density at radius 2 is 1.70 bits per heavy atom. The minimum atomic E-state index is -3.28. The molecule has 1 atom stereocenters. The second kappa shape index (κ2) is 9.43. The fraction of sp³-hybridized carbons (Fsp3) is 0.417. The Kier molecular flexibility index (Phi) is 6.60. The van der Waals surface area contributed by atoms with Crippen LogP contribution >= 0.6 is 0 Å². The van der Waals surface area contributed by atoms with Crippen LogP contribution in [0.3, 0.4) is 0 Å². The third-order valence-corrected chi connectivity index (χ3v) is 7.27. The normalized spacial score (nSPS) is 17.2. The summed E-state index contributed by atoms with van der Waals surface area (Å²) in [5, 5.41) is 0. The number of carbonyl (C=O) groups excluding carboxylic acids is 2. The zero-order valence-corrected chi connectivity index (χ0v) is 19.8. The summed E-state index contributed by atoms with van der Waals surface area (Å²) < 4.78 is 29.2. The molecule has 8 nitrogen and oxygen atoms in total. The van der Waals surface area contributed by atoms with Gasteiger partial charge in [0.05, 0.1) is 18.6 Å². The van der Waals surface area contributed by atoms with Gasteiger partial charge in [-0.3, -0.25) is 9.59 Å². The molecular weight excluding hydrogens is 442 g/mol. The van der Waals surface area contributed by atoms with Crippen molar-refractivity contribution in [3.05, 3.63) is 59.7 Å². The lowest BCUT2D eigenvalue weighted by molar-refractivity contribution is -0.136. The molecule has 176 valence electrons. The summed E-state index contributed by atoms with van der Waals surface area (Å²) in [7, 11) is -1.65. The first-order valence-electron chi connectivity index (χ1n) is 11.0. The quantitative estimate of drug-likeness (QED) is 0.612. The fourth-order valence-electron chi connectivity index (χ4n) is 4.54. The summed E-state index contributed by atoms with van der Waals surface area (Å²) >= 11 is 0. The van der Waals surface area contributed by atoms with Gasteiger partial charge in [-0.2, -0.15) is 0 Å². The number of para-hydroxylation sites is 2. The van der Waals surface area contributed by atoms with Gasteiger partial charge in [-0.15, -0.1) is 0 Å². The van der Waals surface area contributed by atoms with Gasteiger partial charge in [0.15, 0.2) is 0 Å². The number of fused-ring (bicyclic) bond motifs is 1. The van der Waals surface area contributed by atoms with Gasteiger partial charge >= 0.3 is 0 Å². The van der Waals surface area contributed by atoms with Gasteiger partial charge in [0.2, 0.25) is 5.91 Å². The maximum Gasteiger partial charge on any atom is 0.255 e. The highest BCUT2D eigenvalue weighted by atomic mass is 32.2. The lowest BCUT2D eigenvalue weighted by Gasteiger charge is -2.39. The molecule has 0 spiro atoms. The number of methoxy groups -OCH3 is 1. The second-order valence-corrected chi connectivity index (χ2v) is 10.8. The largest absolute Gasteiger partial charge is 0.495 e. The smallest absolute Gasteiger partial charge is 0.255 e. The van der Waals surface area contributed by atoms with Crippen molar-refractivity contribution in [2.75, 3.05) is 50.2 Å². The van der Waals surface area contributed by atoms with Crippen molar-refractivity contribution < 1.29 is 22.7 Å². The first-order chi connectivity index (χ1) is 15.8. The van der Waals surface area contributed by atoms with E-state index >= 15 is 0 Å². The minimum absolute atomic E-state index is 0.0874. The van der Waals surface area contributed by atoms with Crippen LogP contribution in [0, 0.1) is 0 Å². The maximum atomic E-state index is 13.6. The van der Waals surface area contributed by atoms with E-state index in [2.05, 4.69) is 4.90 Å². The molecule has 2 amide bonds. The van der Waals surface area contributed by atoms with Crippen LogP contribution in [0.15, 0.2) is 48.5 Å². The molecule has 0 unspecified atom stereocenters. The Bertz CT molecular complexity index is 1140. The van der Waals surface area contributed by atoms with Crippen LogP contribution in [0.5, 0.6) is 5.75 Å². The molecule has 2 aliphatic heterocycles. The molecule has 9 heteroatoms. The summed E-state index contributed by atoms with van der Waals surface area (Å²) in [6.07, 6.45) is 1.24. The monoisotopic (exact) mass is 471 g/mol. The predicted molar refractivity (Wildman–Crippen MR) is 126 cm³/mol. The third kappa shape index (κ3) is 4.98. The van der Waals surface area contributed by atoms with Gasteiger partial charge in [0.1, 0.15) is 21.6 Å². The third-order valence-electron chi connectivity index (χ3n) is 6.29. The average Bonchev–Trinajstić information content (AvgIpc) is 3.15. The average molecular weight is 472 g/mol. The van der Waals surface area contributed by atoms with Crippen molar-refractivity contribution in [2.24, 2.45) is 0 Å². The van der Waals surface area contributed by atoms with Crippen molar-refractivity contribution in [3.63, 3.8) is 0 Å². The number of ether oxygens (including phenoxy) is 1. The number of hydrogen-bond acceptors (Lipinski definition) is 6. The standard InChI is InChI=1S/C24H29N3O5S/c1-32-22-10-6-5-9-20(22)25-12-14-26(15-13-25)24(29)21(11-16-33(2,30)31)27-17-18-7-3-4-8-19(18)23(27)28/h3-10,21H,11-17H2,1-2H3/t21-/m0/s1. The number of carbonyl (C=O) groups is 2. The number of anilines is 1. The van der Waals surface area contributed by atoms with Crippen LogP contribution in [0.1, 0.15) is 22.3 Å². The summed E-state index contributed by atoms with van der Waals surface area (Å²) in [5.74, 6) is 0.221. The lowest BCUT2D eigenvalue weighted by Crippen LogP contribution is -2.55. The van der Waals surface area contributed by atoms with Crippen molar-refractivity contribution >= 4 is 27.3 Å². The van der Waals surface area contributed by atoms with Gasteiger partial charge in [0, 0.05) is 44.5 Å². The van der Waals surface area contributed by atoms with E-state index in [-0.39, 0.29) is 24.0 Å². The highest BCUT2D eigenvalue weighted by molar-refractivity contribution is 7.90. The minimum Gasteiger partial charge on any atom is -0.495 e. The second-order valence-electron chi connectivity index (χ2n) is 8.51. The summed E-state index contributed by atoms with van der Waals surface area (Å²) in [6.45, 7) is 2.54. The first-order valence-corrected chi connectivity index (χ1v) is 13.1. The lowest BCUT2D eigenvalue weighted by atomic mass is 10.1. The van der Waals surface area contributed by atoms with E-state index < -0.39 is 15.9 Å². The van der Waals surface area contributed by atoms with E-state index in [9.17, 15) is 18.0 Å². The molecule has 2 aromatic rings. The Morgan fingerprint density at radius 3 is 2.36 bits per heavy atom. The molecule has 33 heavy (non-hydrogen) atoms. The van der Waals surface area contributed by atoms with Crippen LogP contribution in [0.4, 0.5) is 5.69 Å². The molecule has 2 aliphatic rings. The zero-order valence-electron chi connectivity index (χ0n) is 18.9. The van der Waals surface area contributed by atoms with Crippen LogP contribution < -0.4 is 9.64 Å². The highest BCUT2D eigenvalue weighted by Crippen LogP contribution is 2.30. The Morgan fingerprint density at radius 1 is 1.03 bits per heavy atom. The molecule has 0 radical (unpaired) electrons. The fourth-order valence-corrected chi connectivity index (χ4v) is 5.19. The highest BCUT2D eigenvalue weighted by Gasteiger charge is 2.39. The molecule has 4 rings (SSSR count).